The lowest BCUT2D eigenvalue weighted by molar-refractivity contribution is 0.149. The van der Waals surface area contributed by atoms with Crippen LogP contribution in [0.25, 0.3) is 0 Å². The van der Waals surface area contributed by atoms with Crippen molar-refractivity contribution in [1.82, 2.24) is 4.98 Å². The third-order valence-corrected chi connectivity index (χ3v) is 3.08. The maximum Gasteiger partial charge on any atom is 0.266 e. The van der Waals surface area contributed by atoms with Crippen molar-refractivity contribution in [3.8, 4) is 6.07 Å². The van der Waals surface area contributed by atoms with Crippen LogP contribution in [0.3, 0.4) is 0 Å². The van der Waals surface area contributed by atoms with Gasteiger partial charge in [0.2, 0.25) is 0 Å². The van der Waals surface area contributed by atoms with Gasteiger partial charge in [0.05, 0.1) is 18.1 Å². The number of halogens is 4. The second-order valence-corrected chi connectivity index (χ2v) is 4.23. The van der Waals surface area contributed by atoms with Crippen molar-refractivity contribution in [2.24, 2.45) is 0 Å². The van der Waals surface area contributed by atoms with E-state index >= 15 is 0 Å². The smallest absolute Gasteiger partial charge is 0.234 e. The van der Waals surface area contributed by atoms with E-state index in [1.807, 2.05) is 6.07 Å². The largest absolute Gasteiger partial charge is 0.266 e. The minimum atomic E-state index is -2.56. The summed E-state index contributed by atoms with van der Waals surface area (Å²) in [5, 5.41) is 8.45. The van der Waals surface area contributed by atoms with Crippen LogP contribution >= 0.6 is 38.5 Å². The Morgan fingerprint density at radius 2 is 2.29 bits per heavy atom. The average molecular weight is 373 g/mol. The molecule has 1 aromatic heterocycles. The van der Waals surface area contributed by atoms with Crippen molar-refractivity contribution in [3.05, 3.63) is 25.5 Å². The third kappa shape index (κ3) is 2.60. The molecule has 0 aromatic carbocycles. The first kappa shape index (κ1) is 11.8. The molecule has 14 heavy (non-hydrogen) atoms. The van der Waals surface area contributed by atoms with Crippen LogP contribution in [0, 0.1) is 15.0 Å². The molecule has 1 rings (SSSR count). The summed E-state index contributed by atoms with van der Waals surface area (Å²) in [6, 6.07) is 3.21. The number of pyridine rings is 1. The van der Waals surface area contributed by atoms with Crippen LogP contribution in [0.2, 0.25) is 0 Å². The standard InChI is InChI=1S/C8H4BrF2IN2/c9-6-4(1-2-13)3-5(7(10)11)8(12)14-6/h3,7H,1H2. The Bertz CT molecular complexity index is 390. The van der Waals surface area contributed by atoms with Crippen molar-refractivity contribution < 1.29 is 8.78 Å². The fourth-order valence-corrected chi connectivity index (χ4v) is 2.29. The number of hydrogen-bond acceptors (Lipinski definition) is 2. The van der Waals surface area contributed by atoms with Gasteiger partial charge in [-0.15, -0.1) is 0 Å². The van der Waals surface area contributed by atoms with Gasteiger partial charge in [0.15, 0.2) is 0 Å². The summed E-state index contributed by atoms with van der Waals surface area (Å²) < 4.78 is 25.6. The van der Waals surface area contributed by atoms with Gasteiger partial charge in [0.1, 0.15) is 8.30 Å². The van der Waals surface area contributed by atoms with Crippen molar-refractivity contribution in [2.45, 2.75) is 12.8 Å². The molecule has 0 saturated carbocycles. The van der Waals surface area contributed by atoms with Gasteiger partial charge >= 0.3 is 0 Å². The van der Waals surface area contributed by atoms with E-state index < -0.39 is 6.43 Å². The summed E-state index contributed by atoms with van der Waals surface area (Å²) in [5.74, 6) is 0. The first-order chi connectivity index (χ1) is 6.56. The van der Waals surface area contributed by atoms with Crippen molar-refractivity contribution >= 4 is 38.5 Å². The number of hydrogen-bond donors (Lipinski definition) is 0. The molecule has 0 aliphatic heterocycles. The summed E-state index contributed by atoms with van der Waals surface area (Å²) in [5.41, 5.74) is 0.363. The van der Waals surface area contributed by atoms with E-state index in [1.54, 1.807) is 22.6 Å². The summed E-state index contributed by atoms with van der Waals surface area (Å²) in [4.78, 5) is 3.89. The molecular formula is C8H4BrF2IN2. The first-order valence-corrected chi connectivity index (χ1v) is 5.43. The number of nitrogens with zero attached hydrogens (tertiary/aromatic N) is 2. The van der Waals surface area contributed by atoms with E-state index in [0.717, 1.165) is 0 Å². The highest BCUT2D eigenvalue weighted by molar-refractivity contribution is 14.1. The molecule has 0 spiro atoms. The van der Waals surface area contributed by atoms with Crippen LogP contribution in [0.4, 0.5) is 8.78 Å². The highest BCUT2D eigenvalue weighted by atomic mass is 127. The molecule has 74 valence electrons. The molecule has 0 saturated heterocycles. The molecule has 1 heterocycles. The zero-order valence-corrected chi connectivity index (χ0v) is 10.5. The summed E-state index contributed by atoms with van der Waals surface area (Å²) >= 11 is 4.86. The van der Waals surface area contributed by atoms with Gasteiger partial charge in [-0.25, -0.2) is 13.8 Å². The van der Waals surface area contributed by atoms with Gasteiger partial charge in [0.25, 0.3) is 6.43 Å². The normalized spacial score (nSPS) is 10.3. The van der Waals surface area contributed by atoms with E-state index in [2.05, 4.69) is 20.9 Å². The molecular weight excluding hydrogens is 369 g/mol. The Morgan fingerprint density at radius 1 is 1.64 bits per heavy atom. The van der Waals surface area contributed by atoms with Crippen LogP contribution in [0.5, 0.6) is 0 Å². The van der Waals surface area contributed by atoms with Crippen LogP contribution < -0.4 is 0 Å². The maximum absolute atomic E-state index is 12.4. The maximum atomic E-state index is 12.4. The topological polar surface area (TPSA) is 36.7 Å². The lowest BCUT2D eigenvalue weighted by Gasteiger charge is -2.06. The molecule has 0 bridgehead atoms. The molecule has 2 nitrogen and oxygen atoms in total. The number of alkyl halides is 2. The van der Waals surface area contributed by atoms with Crippen LogP contribution in [-0.4, -0.2) is 4.98 Å². The van der Waals surface area contributed by atoms with E-state index in [4.69, 9.17) is 5.26 Å². The molecule has 0 fully saturated rings. The van der Waals surface area contributed by atoms with Crippen molar-refractivity contribution in [3.63, 3.8) is 0 Å². The van der Waals surface area contributed by atoms with Crippen molar-refractivity contribution in [1.29, 1.82) is 5.26 Å². The average Bonchev–Trinajstić information content (AvgIpc) is 2.09. The lowest BCUT2D eigenvalue weighted by atomic mass is 10.2. The quantitative estimate of drug-likeness (QED) is 0.589. The molecule has 1 aromatic rings. The van der Waals surface area contributed by atoms with Gasteiger partial charge in [-0.1, -0.05) is 0 Å². The van der Waals surface area contributed by atoms with Crippen LogP contribution in [0.1, 0.15) is 17.6 Å². The Balaban J connectivity index is 3.21. The highest BCUT2D eigenvalue weighted by Gasteiger charge is 2.15. The fraction of sp³-hybridized carbons (Fsp3) is 0.250. The predicted octanol–water partition coefficient (Wildman–Crippen LogP) is 3.45. The summed E-state index contributed by atoms with van der Waals surface area (Å²) in [7, 11) is 0. The van der Waals surface area contributed by atoms with Gasteiger partial charge in [0, 0.05) is 0 Å². The Morgan fingerprint density at radius 3 is 2.79 bits per heavy atom. The van der Waals surface area contributed by atoms with E-state index in [-0.39, 0.29) is 15.7 Å². The molecule has 6 heteroatoms. The minimum Gasteiger partial charge on any atom is -0.234 e. The van der Waals surface area contributed by atoms with Crippen molar-refractivity contribution in [2.75, 3.05) is 0 Å². The Hall–Kier alpha value is -0.290. The highest BCUT2D eigenvalue weighted by Crippen LogP contribution is 2.27. The van der Waals surface area contributed by atoms with Crippen LogP contribution in [0.15, 0.2) is 10.7 Å². The third-order valence-electron chi connectivity index (χ3n) is 1.53. The van der Waals surface area contributed by atoms with E-state index in [1.165, 1.54) is 6.07 Å². The zero-order chi connectivity index (χ0) is 10.7. The molecule has 0 unspecified atom stereocenters. The zero-order valence-electron chi connectivity index (χ0n) is 6.77. The second-order valence-electron chi connectivity index (χ2n) is 2.45. The molecule has 0 aliphatic rings. The molecule has 0 atom stereocenters. The van der Waals surface area contributed by atoms with Gasteiger partial charge < -0.3 is 0 Å². The minimum absolute atomic E-state index is 0.0736. The fourth-order valence-electron chi connectivity index (χ4n) is 0.892. The summed E-state index contributed by atoms with van der Waals surface area (Å²) in [6.45, 7) is 0. The van der Waals surface area contributed by atoms with Crippen LogP contribution in [-0.2, 0) is 6.42 Å². The van der Waals surface area contributed by atoms with Gasteiger partial charge in [-0.05, 0) is 50.2 Å². The number of aromatic nitrogens is 1. The SMILES string of the molecule is N#CCc1cc(C(F)F)c(I)nc1Br. The van der Waals surface area contributed by atoms with Gasteiger partial charge in [-0.3, -0.25) is 0 Å². The Labute approximate surface area is 102 Å². The number of nitriles is 1. The second kappa shape index (κ2) is 4.98. The lowest BCUT2D eigenvalue weighted by Crippen LogP contribution is -1.98. The van der Waals surface area contributed by atoms with E-state index in [0.29, 0.717) is 10.2 Å². The molecule has 0 N–H and O–H groups in total. The monoisotopic (exact) mass is 372 g/mol. The predicted molar refractivity (Wildman–Crippen MR) is 58.9 cm³/mol. The molecule has 0 amide bonds. The number of rotatable bonds is 2. The van der Waals surface area contributed by atoms with Gasteiger partial charge in [-0.2, -0.15) is 5.26 Å². The molecule has 0 radical (unpaired) electrons. The summed E-state index contributed by atoms with van der Waals surface area (Å²) in [6.07, 6.45) is -2.48. The Kier molecular flexibility index (Phi) is 4.19. The first-order valence-electron chi connectivity index (χ1n) is 3.56. The van der Waals surface area contributed by atoms with E-state index in [9.17, 15) is 8.78 Å². The molecule has 0 aliphatic carbocycles.